The van der Waals surface area contributed by atoms with E-state index in [9.17, 15) is 13.7 Å². The number of rotatable bonds is 6. The molecule has 2 aromatic heterocycles. The molecule has 4 rings (SSSR count). The van der Waals surface area contributed by atoms with Crippen LogP contribution in [-0.2, 0) is 9.84 Å². The van der Waals surface area contributed by atoms with Gasteiger partial charge in [0, 0.05) is 11.8 Å². The quantitative estimate of drug-likeness (QED) is 0.355. The average molecular weight is 460 g/mol. The monoisotopic (exact) mass is 459 g/mol. The molecule has 0 fully saturated rings. The zero-order valence-electron chi connectivity index (χ0n) is 19.0. The Balaban J connectivity index is 1.77. The number of benzene rings is 2. The van der Waals surface area contributed by atoms with Crippen molar-refractivity contribution in [3.05, 3.63) is 78.1 Å². The zero-order chi connectivity index (χ0) is 23.8. The number of pyridine rings is 1. The van der Waals surface area contributed by atoms with Crippen molar-refractivity contribution in [1.82, 2.24) is 9.38 Å². The summed E-state index contributed by atoms with van der Waals surface area (Å²) in [6, 6.07) is 19.9. The molecule has 0 amide bonds. The molecule has 0 spiro atoms. The third-order valence-electron chi connectivity index (χ3n) is 5.44. The van der Waals surface area contributed by atoms with E-state index in [0.29, 0.717) is 22.7 Å². The van der Waals surface area contributed by atoms with Crippen LogP contribution >= 0.6 is 0 Å². The fourth-order valence-electron chi connectivity index (χ4n) is 3.69. The van der Waals surface area contributed by atoms with Crippen molar-refractivity contribution in [2.75, 3.05) is 0 Å². The molecule has 0 aliphatic heterocycles. The van der Waals surface area contributed by atoms with Crippen LogP contribution in [0.1, 0.15) is 44.9 Å². The Kier molecular flexibility index (Phi) is 5.96. The van der Waals surface area contributed by atoms with E-state index < -0.39 is 15.1 Å². The van der Waals surface area contributed by atoms with E-state index in [2.05, 4.69) is 19.9 Å². The van der Waals surface area contributed by atoms with Crippen molar-refractivity contribution in [3.8, 4) is 28.8 Å². The minimum Gasteiger partial charge on any atom is -0.457 e. The van der Waals surface area contributed by atoms with Gasteiger partial charge in [0.25, 0.3) is 0 Å². The van der Waals surface area contributed by atoms with E-state index in [1.54, 1.807) is 44.2 Å². The lowest BCUT2D eigenvalue weighted by Gasteiger charge is -2.12. The molecule has 0 aliphatic carbocycles. The molecular formula is C26H25N3O3S. The lowest BCUT2D eigenvalue weighted by atomic mass is 10.0. The van der Waals surface area contributed by atoms with Crippen molar-refractivity contribution in [1.29, 1.82) is 5.26 Å². The molecule has 33 heavy (non-hydrogen) atoms. The Hall–Kier alpha value is -3.63. The first-order valence-electron chi connectivity index (χ1n) is 10.8. The Bertz CT molecular complexity index is 1480. The summed E-state index contributed by atoms with van der Waals surface area (Å²) in [6.07, 6.45) is 1.90. The molecule has 0 saturated heterocycles. The summed E-state index contributed by atoms with van der Waals surface area (Å²) < 4.78 is 33.0. The number of hydrogen-bond acceptors (Lipinski definition) is 5. The average Bonchev–Trinajstić information content (AvgIpc) is 3.19. The van der Waals surface area contributed by atoms with E-state index in [0.717, 1.165) is 17.0 Å². The van der Waals surface area contributed by atoms with Gasteiger partial charge in [-0.1, -0.05) is 32.0 Å². The van der Waals surface area contributed by atoms with Gasteiger partial charge in [0.2, 0.25) is 0 Å². The standard InChI is InChI=1S/C26H25N3O3S/c1-17(2)24-25(29-13-7-9-20(16-27)26(29)28-24)19-8-5-10-21(14-19)32-22-11-6-12-23(15-22)33(30,31)18(3)4/h5-15,17-18H,1-4H3. The predicted octanol–water partition coefficient (Wildman–Crippen LogP) is 5.97. The van der Waals surface area contributed by atoms with E-state index in [1.165, 1.54) is 0 Å². The molecule has 0 saturated carbocycles. The second kappa shape index (κ2) is 8.72. The number of ether oxygens (including phenoxy) is 1. The first kappa shape index (κ1) is 22.6. The lowest BCUT2D eigenvalue weighted by Crippen LogP contribution is -2.13. The van der Waals surface area contributed by atoms with Gasteiger partial charge in [0.15, 0.2) is 15.5 Å². The van der Waals surface area contributed by atoms with Crippen molar-refractivity contribution in [2.24, 2.45) is 0 Å². The minimum atomic E-state index is -3.40. The molecule has 7 heteroatoms. The van der Waals surface area contributed by atoms with Crippen LogP contribution in [0.25, 0.3) is 16.9 Å². The summed E-state index contributed by atoms with van der Waals surface area (Å²) in [5.74, 6) is 1.17. The molecule has 2 aromatic carbocycles. The van der Waals surface area contributed by atoms with Gasteiger partial charge >= 0.3 is 0 Å². The van der Waals surface area contributed by atoms with Gasteiger partial charge in [0.1, 0.15) is 17.6 Å². The second-order valence-corrected chi connectivity index (χ2v) is 10.9. The van der Waals surface area contributed by atoms with Crippen LogP contribution in [0.5, 0.6) is 11.5 Å². The summed E-state index contributed by atoms with van der Waals surface area (Å²) in [6.45, 7) is 7.45. The molecule has 6 nitrogen and oxygen atoms in total. The van der Waals surface area contributed by atoms with Gasteiger partial charge in [-0.15, -0.1) is 0 Å². The van der Waals surface area contributed by atoms with Crippen LogP contribution < -0.4 is 4.74 Å². The van der Waals surface area contributed by atoms with Gasteiger partial charge in [-0.05, 0) is 62.2 Å². The Morgan fingerprint density at radius 3 is 2.33 bits per heavy atom. The number of nitrogens with zero attached hydrogens (tertiary/aromatic N) is 3. The molecule has 0 N–H and O–H groups in total. The SMILES string of the molecule is CC(C)c1nc2c(C#N)cccn2c1-c1cccc(Oc2cccc(S(=O)(=O)C(C)C)c2)c1. The fourth-order valence-corrected chi connectivity index (χ4v) is 4.78. The largest absolute Gasteiger partial charge is 0.457 e. The summed E-state index contributed by atoms with van der Waals surface area (Å²) in [7, 11) is -3.40. The molecule has 2 heterocycles. The van der Waals surface area contributed by atoms with Crippen LogP contribution in [0, 0.1) is 11.3 Å². The van der Waals surface area contributed by atoms with Crippen molar-refractivity contribution >= 4 is 15.5 Å². The lowest BCUT2D eigenvalue weighted by molar-refractivity contribution is 0.481. The molecule has 0 radical (unpaired) electrons. The molecule has 0 bridgehead atoms. The third kappa shape index (κ3) is 4.22. The Labute approximate surface area is 194 Å². The van der Waals surface area contributed by atoms with Gasteiger partial charge in [0.05, 0.1) is 27.1 Å². The maximum absolute atomic E-state index is 12.5. The molecule has 4 aromatic rings. The van der Waals surface area contributed by atoms with Gasteiger partial charge in [-0.25, -0.2) is 13.4 Å². The van der Waals surface area contributed by atoms with Gasteiger partial charge in [-0.2, -0.15) is 5.26 Å². The molecule has 168 valence electrons. The summed E-state index contributed by atoms with van der Waals surface area (Å²) in [5, 5.41) is 8.99. The van der Waals surface area contributed by atoms with Crippen molar-refractivity contribution in [2.45, 2.75) is 43.8 Å². The molecule has 0 atom stereocenters. The number of sulfone groups is 1. The van der Waals surface area contributed by atoms with E-state index in [1.807, 2.05) is 40.9 Å². The van der Waals surface area contributed by atoms with Crippen LogP contribution in [-0.4, -0.2) is 23.1 Å². The highest BCUT2D eigenvalue weighted by molar-refractivity contribution is 7.92. The summed E-state index contributed by atoms with van der Waals surface area (Å²) in [4.78, 5) is 5.00. The number of hydrogen-bond donors (Lipinski definition) is 0. The van der Waals surface area contributed by atoms with Gasteiger partial charge < -0.3 is 4.74 Å². The van der Waals surface area contributed by atoms with Crippen LogP contribution in [0.15, 0.2) is 71.8 Å². The highest BCUT2D eigenvalue weighted by Crippen LogP contribution is 2.34. The summed E-state index contributed by atoms with van der Waals surface area (Å²) in [5.41, 5.74) is 3.82. The molecular weight excluding hydrogens is 434 g/mol. The Morgan fingerprint density at radius 2 is 1.67 bits per heavy atom. The molecule has 0 aliphatic rings. The van der Waals surface area contributed by atoms with E-state index >= 15 is 0 Å². The maximum Gasteiger partial charge on any atom is 0.180 e. The van der Waals surface area contributed by atoms with Crippen molar-refractivity contribution in [3.63, 3.8) is 0 Å². The van der Waals surface area contributed by atoms with Crippen LogP contribution in [0.4, 0.5) is 0 Å². The highest BCUT2D eigenvalue weighted by atomic mass is 32.2. The number of aromatic nitrogens is 2. The normalized spacial score (nSPS) is 11.8. The van der Waals surface area contributed by atoms with Crippen LogP contribution in [0.3, 0.4) is 0 Å². The minimum absolute atomic E-state index is 0.147. The van der Waals surface area contributed by atoms with Gasteiger partial charge in [-0.3, -0.25) is 4.40 Å². The maximum atomic E-state index is 12.5. The van der Waals surface area contributed by atoms with Crippen LogP contribution in [0.2, 0.25) is 0 Å². The highest BCUT2D eigenvalue weighted by Gasteiger charge is 2.21. The smallest absolute Gasteiger partial charge is 0.180 e. The Morgan fingerprint density at radius 1 is 0.970 bits per heavy atom. The predicted molar refractivity (Wildman–Crippen MR) is 128 cm³/mol. The fraction of sp³-hybridized carbons (Fsp3) is 0.231. The summed E-state index contributed by atoms with van der Waals surface area (Å²) >= 11 is 0. The number of imidazole rings is 1. The van der Waals surface area contributed by atoms with E-state index in [4.69, 9.17) is 9.72 Å². The number of fused-ring (bicyclic) bond motifs is 1. The third-order valence-corrected chi connectivity index (χ3v) is 7.59. The molecule has 0 unspecified atom stereocenters. The van der Waals surface area contributed by atoms with Crippen molar-refractivity contribution < 1.29 is 13.2 Å². The second-order valence-electron chi connectivity index (χ2n) is 8.43. The first-order valence-corrected chi connectivity index (χ1v) is 12.3. The van der Waals surface area contributed by atoms with E-state index in [-0.39, 0.29) is 10.8 Å². The first-order chi connectivity index (χ1) is 15.7. The number of nitriles is 1. The topological polar surface area (TPSA) is 84.5 Å². The zero-order valence-corrected chi connectivity index (χ0v) is 19.8.